The van der Waals surface area contributed by atoms with Crippen LogP contribution in [-0.2, 0) is 10.8 Å². The van der Waals surface area contributed by atoms with Crippen molar-refractivity contribution in [1.82, 2.24) is 0 Å². The van der Waals surface area contributed by atoms with Gasteiger partial charge >= 0.3 is 6.11 Å². The van der Waals surface area contributed by atoms with Gasteiger partial charge in [0.15, 0.2) is 11.6 Å². The fraction of sp³-hybridized carbons (Fsp3) is 0.444. The van der Waals surface area contributed by atoms with Crippen LogP contribution in [-0.4, -0.2) is 6.61 Å². The fourth-order valence-electron chi connectivity index (χ4n) is 2.52. The molecule has 1 atom stereocenters. The molecule has 7 heteroatoms. The van der Waals surface area contributed by atoms with Gasteiger partial charge in [0.1, 0.15) is 5.76 Å². The van der Waals surface area contributed by atoms with Crippen LogP contribution in [0.25, 0.3) is 0 Å². The van der Waals surface area contributed by atoms with Gasteiger partial charge < -0.3 is 9.47 Å². The van der Waals surface area contributed by atoms with Crippen molar-refractivity contribution in [2.24, 2.45) is 5.92 Å². The molecule has 0 N–H and O–H groups in total. The highest BCUT2D eigenvalue weighted by atomic mass is 19.3. The molecule has 0 spiro atoms. The van der Waals surface area contributed by atoms with Gasteiger partial charge in [-0.15, -0.1) is 0 Å². The molecule has 0 aliphatic heterocycles. The highest BCUT2D eigenvalue weighted by Crippen LogP contribution is 2.42. The molecule has 25 heavy (non-hydrogen) atoms. The standard InChI is InChI=1S/C18H19F5O2/c1-4-24-14-8-7-13(15(16(14)19)17(20)21)18(22,23)25-12-6-5-10(2)11(3)9-12/h5-8,11,17H,4,9H2,1-3H3. The molecule has 2 rings (SSSR count). The summed E-state index contributed by atoms with van der Waals surface area (Å²) in [7, 11) is 0. The van der Waals surface area contributed by atoms with E-state index in [0.717, 1.165) is 11.6 Å². The SMILES string of the molecule is CCOc1ccc(C(F)(F)OC2=CC=C(C)C(C)C2)c(C(F)F)c1F. The second kappa shape index (κ2) is 7.45. The van der Waals surface area contributed by atoms with Crippen molar-refractivity contribution < 1.29 is 31.4 Å². The summed E-state index contributed by atoms with van der Waals surface area (Å²) >= 11 is 0. The summed E-state index contributed by atoms with van der Waals surface area (Å²) in [6.07, 6.45) is -4.32. The second-order valence-electron chi connectivity index (χ2n) is 5.84. The summed E-state index contributed by atoms with van der Waals surface area (Å²) in [4.78, 5) is 0. The van der Waals surface area contributed by atoms with E-state index in [0.29, 0.717) is 6.07 Å². The van der Waals surface area contributed by atoms with Crippen LogP contribution in [0.4, 0.5) is 22.0 Å². The van der Waals surface area contributed by atoms with Gasteiger partial charge in [0, 0.05) is 6.42 Å². The van der Waals surface area contributed by atoms with Crippen LogP contribution in [0.2, 0.25) is 0 Å². The average molecular weight is 362 g/mol. The molecular weight excluding hydrogens is 343 g/mol. The normalized spacial score (nSPS) is 18.0. The Morgan fingerprint density at radius 3 is 2.48 bits per heavy atom. The van der Waals surface area contributed by atoms with Crippen LogP contribution in [0.5, 0.6) is 5.75 Å². The second-order valence-corrected chi connectivity index (χ2v) is 5.84. The number of hydrogen-bond donors (Lipinski definition) is 0. The van der Waals surface area contributed by atoms with Gasteiger partial charge in [-0.2, -0.15) is 8.78 Å². The van der Waals surface area contributed by atoms with Crippen molar-refractivity contribution in [3.05, 3.63) is 52.6 Å². The van der Waals surface area contributed by atoms with E-state index in [1.807, 2.05) is 13.8 Å². The summed E-state index contributed by atoms with van der Waals surface area (Å²) in [6.45, 7) is 5.23. The number of hydrogen-bond acceptors (Lipinski definition) is 2. The highest BCUT2D eigenvalue weighted by Gasteiger charge is 2.42. The minimum Gasteiger partial charge on any atom is -0.491 e. The van der Waals surface area contributed by atoms with Crippen LogP contribution in [0.1, 0.15) is 44.7 Å². The van der Waals surface area contributed by atoms with Crippen molar-refractivity contribution in [2.75, 3.05) is 6.61 Å². The molecule has 0 aromatic heterocycles. The van der Waals surface area contributed by atoms with Gasteiger partial charge in [0.25, 0.3) is 6.43 Å². The molecule has 0 amide bonds. The predicted molar refractivity (Wildman–Crippen MR) is 83.1 cm³/mol. The van der Waals surface area contributed by atoms with Crippen molar-refractivity contribution >= 4 is 0 Å². The van der Waals surface area contributed by atoms with E-state index in [2.05, 4.69) is 4.74 Å². The zero-order chi connectivity index (χ0) is 18.8. The summed E-state index contributed by atoms with van der Waals surface area (Å²) < 4.78 is 79.1. The van der Waals surface area contributed by atoms with Crippen LogP contribution in [0, 0.1) is 11.7 Å². The van der Waals surface area contributed by atoms with Crippen LogP contribution in [0.15, 0.2) is 35.6 Å². The molecule has 0 heterocycles. The molecule has 1 unspecified atom stereocenters. The minimum absolute atomic E-state index is 0.0116. The maximum atomic E-state index is 14.5. The van der Waals surface area contributed by atoms with E-state index in [1.165, 1.54) is 13.0 Å². The fourth-order valence-corrected chi connectivity index (χ4v) is 2.52. The Morgan fingerprint density at radius 2 is 1.92 bits per heavy atom. The molecule has 1 aliphatic rings. The van der Waals surface area contributed by atoms with E-state index in [1.54, 1.807) is 6.08 Å². The number of rotatable bonds is 6. The van der Waals surface area contributed by atoms with Crippen LogP contribution in [0.3, 0.4) is 0 Å². The molecule has 1 aromatic carbocycles. The highest BCUT2D eigenvalue weighted by molar-refractivity contribution is 5.40. The molecule has 0 fully saturated rings. The molecule has 138 valence electrons. The third-order valence-electron chi connectivity index (χ3n) is 4.05. The molecular formula is C18H19F5O2. The smallest absolute Gasteiger partial charge is 0.426 e. The zero-order valence-electron chi connectivity index (χ0n) is 14.1. The molecule has 0 saturated heterocycles. The van der Waals surface area contributed by atoms with E-state index >= 15 is 0 Å². The molecule has 0 saturated carbocycles. The first-order chi connectivity index (χ1) is 11.7. The molecule has 1 aromatic rings. The largest absolute Gasteiger partial charge is 0.491 e. The van der Waals surface area contributed by atoms with Crippen molar-refractivity contribution in [1.29, 1.82) is 0 Å². The number of alkyl halides is 4. The van der Waals surface area contributed by atoms with Gasteiger partial charge in [-0.25, -0.2) is 13.2 Å². The third kappa shape index (κ3) is 4.14. The Hall–Kier alpha value is -2.05. The van der Waals surface area contributed by atoms with Gasteiger partial charge in [-0.05, 0) is 38.0 Å². The van der Waals surface area contributed by atoms with Crippen LogP contribution >= 0.6 is 0 Å². The van der Waals surface area contributed by atoms with Crippen molar-refractivity contribution in [3.8, 4) is 5.75 Å². The van der Waals surface area contributed by atoms with Gasteiger partial charge in [0.2, 0.25) is 0 Å². The average Bonchev–Trinajstić information content (AvgIpc) is 2.52. The summed E-state index contributed by atoms with van der Waals surface area (Å²) in [5.74, 6) is -2.05. The topological polar surface area (TPSA) is 18.5 Å². The summed E-state index contributed by atoms with van der Waals surface area (Å²) in [5, 5.41) is 0. The first kappa shape index (κ1) is 19.3. The molecule has 1 aliphatic carbocycles. The summed E-state index contributed by atoms with van der Waals surface area (Å²) in [5.41, 5.74) is -1.62. The minimum atomic E-state index is -4.10. The number of halogens is 5. The van der Waals surface area contributed by atoms with Gasteiger partial charge in [-0.1, -0.05) is 18.6 Å². The maximum Gasteiger partial charge on any atom is 0.426 e. The Bertz CT molecular complexity index is 695. The molecule has 2 nitrogen and oxygen atoms in total. The Morgan fingerprint density at radius 1 is 1.24 bits per heavy atom. The number of ether oxygens (including phenoxy) is 2. The maximum absolute atomic E-state index is 14.5. The van der Waals surface area contributed by atoms with E-state index in [9.17, 15) is 22.0 Å². The van der Waals surface area contributed by atoms with Crippen molar-refractivity contribution in [3.63, 3.8) is 0 Å². The van der Waals surface area contributed by atoms with E-state index in [4.69, 9.17) is 4.74 Å². The Labute approximate surface area is 142 Å². The first-order valence-corrected chi connectivity index (χ1v) is 7.85. The Kier molecular flexibility index (Phi) is 5.75. The molecule has 0 radical (unpaired) electrons. The zero-order valence-corrected chi connectivity index (χ0v) is 14.1. The quantitative estimate of drug-likeness (QED) is 0.570. The van der Waals surface area contributed by atoms with Gasteiger partial charge in [-0.3, -0.25) is 0 Å². The first-order valence-electron chi connectivity index (χ1n) is 7.85. The lowest BCUT2D eigenvalue weighted by atomic mass is 9.93. The molecule has 0 bridgehead atoms. The Balaban J connectivity index is 2.40. The third-order valence-corrected chi connectivity index (χ3v) is 4.05. The summed E-state index contributed by atoms with van der Waals surface area (Å²) in [6, 6.07) is 1.61. The van der Waals surface area contributed by atoms with Gasteiger partial charge in [0.05, 0.1) is 17.7 Å². The predicted octanol–water partition coefficient (Wildman–Crippen LogP) is 6.10. The number of allylic oxidation sites excluding steroid dienone is 4. The lowest BCUT2D eigenvalue weighted by Gasteiger charge is -2.26. The number of benzene rings is 1. The lowest BCUT2D eigenvalue weighted by Crippen LogP contribution is -2.22. The monoisotopic (exact) mass is 362 g/mol. The van der Waals surface area contributed by atoms with E-state index in [-0.39, 0.29) is 24.7 Å². The lowest BCUT2D eigenvalue weighted by molar-refractivity contribution is -0.227. The van der Waals surface area contributed by atoms with E-state index < -0.39 is 35.2 Å². The van der Waals surface area contributed by atoms with Crippen molar-refractivity contribution in [2.45, 2.75) is 39.7 Å². The van der Waals surface area contributed by atoms with Crippen LogP contribution < -0.4 is 4.74 Å².